The molecule has 0 aromatic rings. The topological polar surface area (TPSA) is 29.3 Å². The molecule has 1 saturated heterocycles. The van der Waals surface area contributed by atoms with E-state index in [0.717, 1.165) is 25.8 Å². The summed E-state index contributed by atoms with van der Waals surface area (Å²) < 4.78 is 36.6. The van der Waals surface area contributed by atoms with Crippen LogP contribution in [0.4, 0.5) is 13.2 Å². The summed E-state index contributed by atoms with van der Waals surface area (Å²) in [6.07, 6.45) is -1.30. The normalized spacial score (nSPS) is 27.6. The smallest absolute Gasteiger partial charge is 0.320 e. The van der Waals surface area contributed by atoms with Gasteiger partial charge in [-0.25, -0.2) is 0 Å². The molecule has 2 N–H and O–H groups in total. The lowest BCUT2D eigenvalue weighted by Gasteiger charge is -2.34. The molecular weight excluding hydrogens is 193 g/mol. The molecule has 14 heavy (non-hydrogen) atoms. The van der Waals surface area contributed by atoms with Gasteiger partial charge < -0.3 is 10.6 Å². The molecule has 0 bridgehead atoms. The van der Waals surface area contributed by atoms with E-state index in [0.29, 0.717) is 0 Å². The van der Waals surface area contributed by atoms with Gasteiger partial charge in [0.2, 0.25) is 0 Å². The second kappa shape index (κ2) is 4.49. The predicted molar refractivity (Wildman–Crippen MR) is 48.9 cm³/mol. The van der Waals surface area contributed by atoms with Gasteiger partial charge in [-0.05, 0) is 32.9 Å². The Bertz CT molecular complexity index is 181. The van der Waals surface area contributed by atoms with E-state index in [1.54, 1.807) is 0 Å². The summed E-state index contributed by atoms with van der Waals surface area (Å²) in [5.74, 6) is 0. The molecule has 0 aromatic heterocycles. The first-order chi connectivity index (χ1) is 6.41. The van der Waals surface area contributed by atoms with E-state index in [2.05, 4.69) is 0 Å². The molecule has 1 fully saturated rings. The molecule has 0 spiro atoms. The maximum atomic E-state index is 12.2. The zero-order valence-electron chi connectivity index (χ0n) is 8.35. The average Bonchev–Trinajstić information content (AvgIpc) is 2.07. The number of rotatable bonds is 2. The van der Waals surface area contributed by atoms with Crippen molar-refractivity contribution >= 4 is 0 Å². The standard InChI is InChI=1S/C9H17F3N2/c1-14-5-3-2-4-7(14)6-8(13)9(10,11)12/h7-8H,2-6,13H2,1H3. The Morgan fingerprint density at radius 2 is 2.07 bits per heavy atom. The van der Waals surface area contributed by atoms with Crippen LogP contribution in [0.15, 0.2) is 0 Å². The second-order valence-corrected chi connectivity index (χ2v) is 4.01. The number of halogens is 3. The van der Waals surface area contributed by atoms with Crippen molar-refractivity contribution in [3.63, 3.8) is 0 Å². The fraction of sp³-hybridized carbons (Fsp3) is 1.00. The molecule has 1 heterocycles. The monoisotopic (exact) mass is 210 g/mol. The van der Waals surface area contributed by atoms with Crippen LogP contribution in [0.1, 0.15) is 25.7 Å². The van der Waals surface area contributed by atoms with Crippen LogP contribution in [0.5, 0.6) is 0 Å². The van der Waals surface area contributed by atoms with Crippen LogP contribution in [-0.2, 0) is 0 Å². The molecule has 0 aliphatic carbocycles. The number of hydrogen-bond donors (Lipinski definition) is 1. The Kier molecular flexibility index (Phi) is 3.78. The highest BCUT2D eigenvalue weighted by molar-refractivity contribution is 4.81. The zero-order chi connectivity index (χ0) is 10.8. The molecule has 1 aliphatic rings. The predicted octanol–water partition coefficient (Wildman–Crippen LogP) is 1.75. The highest BCUT2D eigenvalue weighted by Gasteiger charge is 2.38. The van der Waals surface area contributed by atoms with Gasteiger partial charge in [0.15, 0.2) is 0 Å². The van der Waals surface area contributed by atoms with Gasteiger partial charge in [-0.1, -0.05) is 6.42 Å². The van der Waals surface area contributed by atoms with Crippen molar-refractivity contribution in [2.24, 2.45) is 5.73 Å². The van der Waals surface area contributed by atoms with Crippen LogP contribution in [-0.4, -0.2) is 36.8 Å². The molecule has 0 amide bonds. The third kappa shape index (κ3) is 3.13. The summed E-state index contributed by atoms with van der Waals surface area (Å²) in [7, 11) is 1.87. The van der Waals surface area contributed by atoms with Gasteiger partial charge in [-0.3, -0.25) is 0 Å². The average molecular weight is 210 g/mol. The number of nitrogens with two attached hydrogens (primary N) is 1. The van der Waals surface area contributed by atoms with Gasteiger partial charge >= 0.3 is 6.18 Å². The Morgan fingerprint density at radius 3 is 2.57 bits per heavy atom. The summed E-state index contributed by atoms with van der Waals surface area (Å²) in [5, 5.41) is 0. The van der Waals surface area contributed by atoms with E-state index in [1.165, 1.54) is 0 Å². The molecule has 2 unspecified atom stereocenters. The Balaban J connectivity index is 2.42. The lowest BCUT2D eigenvalue weighted by Crippen LogP contribution is -2.45. The summed E-state index contributed by atoms with van der Waals surface area (Å²) in [5.41, 5.74) is 5.09. The summed E-state index contributed by atoms with van der Waals surface area (Å²) in [6, 6.07) is -1.67. The molecule has 0 aromatic carbocycles. The number of alkyl halides is 3. The minimum absolute atomic E-state index is 0.000347. The highest BCUT2D eigenvalue weighted by Crippen LogP contribution is 2.26. The van der Waals surface area contributed by atoms with Crippen LogP contribution in [0, 0.1) is 0 Å². The van der Waals surface area contributed by atoms with Gasteiger partial charge in [0.05, 0.1) is 0 Å². The third-order valence-corrected chi connectivity index (χ3v) is 2.87. The van der Waals surface area contributed by atoms with E-state index >= 15 is 0 Å². The molecule has 0 saturated carbocycles. The fourth-order valence-electron chi connectivity index (χ4n) is 1.87. The summed E-state index contributed by atoms with van der Waals surface area (Å²) in [6.45, 7) is 0.884. The maximum Gasteiger partial charge on any atom is 0.403 e. The van der Waals surface area contributed by atoms with Crippen LogP contribution in [0.3, 0.4) is 0 Å². The number of nitrogens with zero attached hydrogens (tertiary/aromatic N) is 1. The van der Waals surface area contributed by atoms with Gasteiger partial charge in [0.25, 0.3) is 0 Å². The Hall–Kier alpha value is -0.290. The molecule has 0 radical (unpaired) electrons. The van der Waals surface area contributed by atoms with Gasteiger partial charge in [0, 0.05) is 6.04 Å². The molecule has 2 atom stereocenters. The van der Waals surface area contributed by atoms with E-state index in [4.69, 9.17) is 5.73 Å². The maximum absolute atomic E-state index is 12.2. The molecule has 84 valence electrons. The quantitative estimate of drug-likeness (QED) is 0.752. The van der Waals surface area contributed by atoms with Gasteiger partial charge in [-0.2, -0.15) is 13.2 Å². The first-order valence-corrected chi connectivity index (χ1v) is 4.94. The van der Waals surface area contributed by atoms with Crippen molar-refractivity contribution in [3.8, 4) is 0 Å². The van der Waals surface area contributed by atoms with Gasteiger partial charge in [-0.15, -0.1) is 0 Å². The lowest BCUT2D eigenvalue weighted by atomic mass is 9.96. The van der Waals surface area contributed by atoms with Crippen molar-refractivity contribution in [1.29, 1.82) is 0 Å². The zero-order valence-corrected chi connectivity index (χ0v) is 8.35. The van der Waals surface area contributed by atoms with E-state index in [9.17, 15) is 13.2 Å². The van der Waals surface area contributed by atoms with Crippen LogP contribution in [0.2, 0.25) is 0 Å². The lowest BCUT2D eigenvalue weighted by molar-refractivity contribution is -0.152. The summed E-state index contributed by atoms with van der Waals surface area (Å²) in [4.78, 5) is 1.98. The minimum atomic E-state index is -4.25. The van der Waals surface area contributed by atoms with E-state index in [1.807, 2.05) is 11.9 Å². The number of likely N-dealkylation sites (tertiary alicyclic amines) is 1. The summed E-state index contributed by atoms with van der Waals surface area (Å²) >= 11 is 0. The van der Waals surface area contributed by atoms with E-state index < -0.39 is 12.2 Å². The molecule has 2 nitrogen and oxygen atoms in total. The molecule has 1 rings (SSSR count). The molecule has 5 heteroatoms. The SMILES string of the molecule is CN1CCCCC1CC(N)C(F)(F)F. The second-order valence-electron chi connectivity index (χ2n) is 4.01. The molecular formula is C9H17F3N2. The van der Waals surface area contributed by atoms with Crippen molar-refractivity contribution in [2.45, 2.75) is 43.9 Å². The molecule has 1 aliphatic heterocycles. The van der Waals surface area contributed by atoms with Crippen LogP contribution in [0.25, 0.3) is 0 Å². The van der Waals surface area contributed by atoms with Crippen molar-refractivity contribution in [2.75, 3.05) is 13.6 Å². The largest absolute Gasteiger partial charge is 0.403 e. The van der Waals surface area contributed by atoms with Crippen LogP contribution < -0.4 is 5.73 Å². The number of hydrogen-bond acceptors (Lipinski definition) is 2. The fourth-order valence-corrected chi connectivity index (χ4v) is 1.87. The van der Waals surface area contributed by atoms with Crippen LogP contribution >= 0.6 is 0 Å². The Morgan fingerprint density at radius 1 is 1.43 bits per heavy atom. The minimum Gasteiger partial charge on any atom is -0.320 e. The third-order valence-electron chi connectivity index (χ3n) is 2.87. The Labute approximate surface area is 82.2 Å². The number of piperidine rings is 1. The highest BCUT2D eigenvalue weighted by atomic mass is 19.4. The van der Waals surface area contributed by atoms with Crippen molar-refractivity contribution in [1.82, 2.24) is 4.90 Å². The van der Waals surface area contributed by atoms with Crippen molar-refractivity contribution < 1.29 is 13.2 Å². The first kappa shape index (κ1) is 11.8. The van der Waals surface area contributed by atoms with Crippen molar-refractivity contribution in [3.05, 3.63) is 0 Å². The van der Waals surface area contributed by atoms with Gasteiger partial charge in [0.1, 0.15) is 6.04 Å². The van der Waals surface area contributed by atoms with E-state index in [-0.39, 0.29) is 12.5 Å². The first-order valence-electron chi connectivity index (χ1n) is 4.94.